The van der Waals surface area contributed by atoms with Crippen LogP contribution in [0.3, 0.4) is 0 Å². The summed E-state index contributed by atoms with van der Waals surface area (Å²) in [5.41, 5.74) is -1.01. The second-order valence-corrected chi connectivity index (χ2v) is 3.43. The Hall–Kier alpha value is -0.610. The van der Waals surface area contributed by atoms with Gasteiger partial charge in [0.15, 0.2) is 5.60 Å². The first-order valence-electron chi connectivity index (χ1n) is 4.69. The highest BCUT2D eigenvalue weighted by Crippen LogP contribution is 2.31. The maximum absolute atomic E-state index is 11.0. The molecule has 0 aromatic rings. The predicted molar refractivity (Wildman–Crippen MR) is 46.5 cm³/mol. The molecule has 0 aromatic carbocycles. The number of hydrogen-bond acceptors (Lipinski definition) is 3. The topological polar surface area (TPSA) is 66.8 Å². The first-order chi connectivity index (χ1) is 6.21. The summed E-state index contributed by atoms with van der Waals surface area (Å²) in [6.07, 6.45) is 4.03. The molecule has 1 rings (SSSR count). The molecule has 0 radical (unpaired) electrons. The lowest BCUT2D eigenvalue weighted by Crippen LogP contribution is -2.43. The largest absolute Gasteiger partial charge is 0.479 e. The van der Waals surface area contributed by atoms with Gasteiger partial charge in [-0.05, 0) is 25.7 Å². The molecule has 1 saturated carbocycles. The van der Waals surface area contributed by atoms with E-state index < -0.39 is 11.6 Å². The van der Waals surface area contributed by atoms with Crippen LogP contribution < -0.4 is 0 Å². The number of carbonyl (C=O) groups is 1. The van der Waals surface area contributed by atoms with Gasteiger partial charge in [-0.3, -0.25) is 0 Å². The molecule has 4 nitrogen and oxygen atoms in total. The highest BCUT2D eigenvalue weighted by atomic mass is 16.5. The molecule has 0 spiro atoms. The zero-order chi connectivity index (χ0) is 9.73. The second-order valence-electron chi connectivity index (χ2n) is 3.43. The number of aliphatic hydroxyl groups is 1. The Bertz CT molecular complexity index is 172. The van der Waals surface area contributed by atoms with Crippen molar-refractivity contribution in [1.29, 1.82) is 0 Å². The minimum absolute atomic E-state index is 0.116. The van der Waals surface area contributed by atoms with Crippen molar-refractivity contribution in [1.82, 2.24) is 0 Å². The Labute approximate surface area is 77.5 Å². The van der Waals surface area contributed by atoms with Crippen LogP contribution >= 0.6 is 0 Å². The molecule has 0 heterocycles. The molecule has 0 saturated heterocycles. The van der Waals surface area contributed by atoms with Crippen LogP contribution in [-0.2, 0) is 9.53 Å². The standard InChI is InChI=1S/C9H16O4/c10-6-7-13-9(8(11)12)4-2-1-3-5-9/h10H,1-7H2,(H,11,12). The van der Waals surface area contributed by atoms with Crippen molar-refractivity contribution in [3.63, 3.8) is 0 Å². The number of rotatable bonds is 4. The summed E-state index contributed by atoms with van der Waals surface area (Å²) >= 11 is 0. The number of hydrogen-bond donors (Lipinski definition) is 2. The number of carboxylic acid groups (broad SMARTS) is 1. The SMILES string of the molecule is O=C(O)C1(OCCO)CCCCC1. The molecule has 0 amide bonds. The lowest BCUT2D eigenvalue weighted by atomic mass is 9.85. The van der Waals surface area contributed by atoms with Crippen molar-refractivity contribution in [2.45, 2.75) is 37.7 Å². The van der Waals surface area contributed by atoms with Gasteiger partial charge in [-0.25, -0.2) is 4.79 Å². The maximum Gasteiger partial charge on any atom is 0.335 e. The van der Waals surface area contributed by atoms with Crippen LogP contribution in [-0.4, -0.2) is 35.0 Å². The molecular formula is C9H16O4. The van der Waals surface area contributed by atoms with E-state index in [1.54, 1.807) is 0 Å². The van der Waals surface area contributed by atoms with Gasteiger partial charge in [-0.15, -0.1) is 0 Å². The minimum Gasteiger partial charge on any atom is -0.479 e. The molecule has 4 heteroatoms. The predicted octanol–water partition coefficient (Wildman–Crippen LogP) is 0.783. The summed E-state index contributed by atoms with van der Waals surface area (Å²) < 4.78 is 5.23. The van der Waals surface area contributed by atoms with E-state index in [4.69, 9.17) is 14.9 Å². The van der Waals surface area contributed by atoms with Gasteiger partial charge in [0.05, 0.1) is 13.2 Å². The summed E-state index contributed by atoms with van der Waals surface area (Å²) in [5.74, 6) is -0.888. The van der Waals surface area contributed by atoms with Crippen molar-refractivity contribution in [3.8, 4) is 0 Å². The zero-order valence-corrected chi connectivity index (χ0v) is 7.66. The van der Waals surface area contributed by atoms with Crippen LogP contribution in [0.5, 0.6) is 0 Å². The smallest absolute Gasteiger partial charge is 0.335 e. The molecule has 0 atom stereocenters. The Morgan fingerprint density at radius 2 is 1.92 bits per heavy atom. The molecule has 0 aromatic heterocycles. The second kappa shape index (κ2) is 4.58. The molecule has 0 bridgehead atoms. The fraction of sp³-hybridized carbons (Fsp3) is 0.889. The van der Waals surface area contributed by atoms with E-state index in [1.165, 1.54) is 0 Å². The van der Waals surface area contributed by atoms with E-state index >= 15 is 0 Å². The third-order valence-electron chi connectivity index (χ3n) is 2.52. The van der Waals surface area contributed by atoms with Crippen LogP contribution in [0.2, 0.25) is 0 Å². The monoisotopic (exact) mass is 188 g/mol. The maximum atomic E-state index is 11.0. The van der Waals surface area contributed by atoms with E-state index in [0.29, 0.717) is 12.8 Å². The van der Waals surface area contributed by atoms with E-state index in [1.807, 2.05) is 0 Å². The third kappa shape index (κ3) is 2.42. The van der Waals surface area contributed by atoms with Crippen LogP contribution in [0, 0.1) is 0 Å². The van der Waals surface area contributed by atoms with Crippen LogP contribution in [0.25, 0.3) is 0 Å². The van der Waals surface area contributed by atoms with Crippen LogP contribution in [0.15, 0.2) is 0 Å². The normalized spacial score (nSPS) is 21.3. The molecule has 0 unspecified atom stereocenters. The van der Waals surface area contributed by atoms with Gasteiger partial charge >= 0.3 is 5.97 Å². The first-order valence-corrected chi connectivity index (χ1v) is 4.69. The summed E-state index contributed by atoms with van der Waals surface area (Å²) in [5, 5.41) is 17.6. The van der Waals surface area contributed by atoms with Crippen molar-refractivity contribution in [3.05, 3.63) is 0 Å². The van der Waals surface area contributed by atoms with E-state index in [-0.39, 0.29) is 13.2 Å². The van der Waals surface area contributed by atoms with E-state index in [2.05, 4.69) is 0 Å². The number of aliphatic hydroxyl groups excluding tert-OH is 1. The molecule has 0 aliphatic heterocycles. The van der Waals surface area contributed by atoms with Crippen LogP contribution in [0.1, 0.15) is 32.1 Å². The van der Waals surface area contributed by atoms with Gasteiger partial charge in [-0.2, -0.15) is 0 Å². The molecule has 1 fully saturated rings. The first kappa shape index (κ1) is 10.5. The highest BCUT2D eigenvalue weighted by Gasteiger charge is 2.40. The lowest BCUT2D eigenvalue weighted by molar-refractivity contribution is -0.172. The molecule has 1 aliphatic rings. The lowest BCUT2D eigenvalue weighted by Gasteiger charge is -2.32. The Balaban J connectivity index is 2.56. The summed E-state index contributed by atoms with van der Waals surface area (Å²) in [4.78, 5) is 11.0. The Morgan fingerprint density at radius 3 is 2.38 bits per heavy atom. The van der Waals surface area contributed by atoms with E-state index in [0.717, 1.165) is 19.3 Å². The van der Waals surface area contributed by atoms with Gasteiger partial charge in [0.1, 0.15) is 0 Å². The molecule has 76 valence electrons. The summed E-state index contributed by atoms with van der Waals surface area (Å²) in [6, 6.07) is 0. The average molecular weight is 188 g/mol. The molecule has 1 aliphatic carbocycles. The summed E-state index contributed by atoms with van der Waals surface area (Å²) in [7, 11) is 0. The summed E-state index contributed by atoms with van der Waals surface area (Å²) in [6.45, 7) is 0.00132. The van der Waals surface area contributed by atoms with Crippen LogP contribution in [0.4, 0.5) is 0 Å². The quantitative estimate of drug-likeness (QED) is 0.684. The minimum atomic E-state index is -1.01. The molecule has 2 N–H and O–H groups in total. The Morgan fingerprint density at radius 1 is 1.31 bits per heavy atom. The number of ether oxygens (including phenoxy) is 1. The van der Waals surface area contributed by atoms with Gasteiger partial charge in [0, 0.05) is 0 Å². The molecular weight excluding hydrogens is 172 g/mol. The van der Waals surface area contributed by atoms with Crippen molar-refractivity contribution in [2.75, 3.05) is 13.2 Å². The Kier molecular flexibility index (Phi) is 3.69. The van der Waals surface area contributed by atoms with Gasteiger partial charge in [0.2, 0.25) is 0 Å². The fourth-order valence-corrected chi connectivity index (χ4v) is 1.78. The number of carboxylic acids is 1. The van der Waals surface area contributed by atoms with Crippen molar-refractivity contribution in [2.24, 2.45) is 0 Å². The fourth-order valence-electron chi connectivity index (χ4n) is 1.78. The third-order valence-corrected chi connectivity index (χ3v) is 2.52. The van der Waals surface area contributed by atoms with Crippen molar-refractivity contribution >= 4 is 5.97 Å². The van der Waals surface area contributed by atoms with E-state index in [9.17, 15) is 4.79 Å². The zero-order valence-electron chi connectivity index (χ0n) is 7.66. The van der Waals surface area contributed by atoms with Gasteiger partial charge < -0.3 is 14.9 Å². The highest BCUT2D eigenvalue weighted by molar-refractivity contribution is 5.77. The van der Waals surface area contributed by atoms with Crippen molar-refractivity contribution < 1.29 is 19.7 Å². The molecule has 13 heavy (non-hydrogen) atoms. The van der Waals surface area contributed by atoms with Gasteiger partial charge in [0.25, 0.3) is 0 Å². The number of aliphatic carboxylic acids is 1. The average Bonchev–Trinajstić information content (AvgIpc) is 2.16. The van der Waals surface area contributed by atoms with Gasteiger partial charge in [-0.1, -0.05) is 6.42 Å².